The van der Waals surface area contributed by atoms with Gasteiger partial charge in [-0.3, -0.25) is 0 Å². The van der Waals surface area contributed by atoms with E-state index in [0.717, 1.165) is 25.7 Å². The van der Waals surface area contributed by atoms with Crippen molar-refractivity contribution in [3.8, 4) is 0 Å². The maximum absolute atomic E-state index is 10.5. The van der Waals surface area contributed by atoms with E-state index >= 15 is 0 Å². The van der Waals surface area contributed by atoms with Gasteiger partial charge in [0.25, 0.3) is 0 Å². The summed E-state index contributed by atoms with van der Waals surface area (Å²) in [6.45, 7) is 4.81. The summed E-state index contributed by atoms with van der Waals surface area (Å²) in [6, 6.07) is 0. The van der Waals surface area contributed by atoms with Gasteiger partial charge < -0.3 is 24.4 Å². The minimum absolute atomic E-state index is 0.0842. The third kappa shape index (κ3) is 26.2. The molecule has 1 aliphatic heterocycles. The standard InChI is InChI=1S/C40H76O5S2/c1-3-5-7-9-11-13-15-17-19-21-23-25-27-29-31-37(46)43-34-36(40-39(42)35(41)33-44-40)45-38(47)32-30-28-26-24-22-20-18-16-14-12-10-8-6-4-2/h35-36,39-42H,3-34H2,1-2H3/t35-,36+,39-,40-/m1/s1. The van der Waals surface area contributed by atoms with Crippen LogP contribution in [0.4, 0.5) is 0 Å². The molecular weight excluding hydrogens is 625 g/mol. The molecule has 0 aromatic rings. The lowest BCUT2D eigenvalue weighted by atomic mass is 10.0. The van der Waals surface area contributed by atoms with E-state index in [4.69, 9.17) is 38.6 Å². The summed E-state index contributed by atoms with van der Waals surface area (Å²) < 4.78 is 17.7. The van der Waals surface area contributed by atoms with Crippen LogP contribution in [0.3, 0.4) is 0 Å². The molecule has 2 N–H and O–H groups in total. The Kier molecular flexibility index (Phi) is 31.2. The van der Waals surface area contributed by atoms with Crippen LogP contribution < -0.4 is 0 Å². The molecule has 0 bridgehead atoms. The van der Waals surface area contributed by atoms with Crippen LogP contribution in [0, 0.1) is 0 Å². The maximum atomic E-state index is 10.5. The van der Waals surface area contributed by atoms with E-state index in [0.29, 0.717) is 16.5 Å². The van der Waals surface area contributed by atoms with E-state index in [-0.39, 0.29) is 13.2 Å². The van der Waals surface area contributed by atoms with E-state index in [1.54, 1.807) is 0 Å². The molecular formula is C40H76O5S2. The topological polar surface area (TPSA) is 68.2 Å². The highest BCUT2D eigenvalue weighted by atomic mass is 32.1. The number of hydrogen-bond acceptors (Lipinski definition) is 7. The molecule has 0 aromatic carbocycles. The summed E-state index contributed by atoms with van der Waals surface area (Å²) in [5, 5.41) is 21.6. The summed E-state index contributed by atoms with van der Waals surface area (Å²) in [6.07, 6.45) is 35.3. The van der Waals surface area contributed by atoms with Gasteiger partial charge in [0.2, 0.25) is 0 Å². The van der Waals surface area contributed by atoms with Gasteiger partial charge in [-0.05, 0) is 37.3 Å². The Morgan fingerprint density at radius 2 is 0.894 bits per heavy atom. The molecule has 1 rings (SSSR count). The van der Waals surface area contributed by atoms with Crippen LogP contribution >= 0.6 is 24.4 Å². The Labute approximate surface area is 302 Å². The molecule has 0 aliphatic carbocycles. The number of thiocarbonyl (C=S) groups is 2. The van der Waals surface area contributed by atoms with Crippen LogP contribution in [-0.4, -0.2) is 57.9 Å². The molecule has 0 unspecified atom stereocenters. The van der Waals surface area contributed by atoms with Crippen LogP contribution in [0.15, 0.2) is 0 Å². The van der Waals surface area contributed by atoms with Crippen LogP contribution in [0.2, 0.25) is 0 Å². The Balaban J connectivity index is 2.12. The normalized spacial score (nSPS) is 18.4. The first-order chi connectivity index (χ1) is 23.0. The zero-order chi connectivity index (χ0) is 34.2. The van der Waals surface area contributed by atoms with Gasteiger partial charge in [-0.1, -0.05) is 181 Å². The summed E-state index contributed by atoms with van der Waals surface area (Å²) in [4.78, 5) is 0. The van der Waals surface area contributed by atoms with E-state index in [2.05, 4.69) is 13.8 Å². The fraction of sp³-hybridized carbons (Fsp3) is 0.950. The minimum atomic E-state index is -1.02. The highest BCUT2D eigenvalue weighted by molar-refractivity contribution is 7.80. The quantitative estimate of drug-likeness (QED) is 0.0511. The Morgan fingerprint density at radius 1 is 0.553 bits per heavy atom. The Bertz CT molecular complexity index is 721. The molecule has 0 amide bonds. The molecule has 0 aromatic heterocycles. The molecule has 1 heterocycles. The average molecular weight is 701 g/mol. The van der Waals surface area contributed by atoms with Crippen molar-refractivity contribution in [2.24, 2.45) is 0 Å². The first kappa shape index (κ1) is 44.7. The molecule has 278 valence electrons. The van der Waals surface area contributed by atoms with Gasteiger partial charge in [-0.15, -0.1) is 0 Å². The minimum Gasteiger partial charge on any atom is -0.483 e. The van der Waals surface area contributed by atoms with Gasteiger partial charge in [-0.25, -0.2) is 0 Å². The van der Waals surface area contributed by atoms with E-state index < -0.39 is 24.4 Å². The Hall–Kier alpha value is -0.340. The number of aliphatic hydroxyl groups excluding tert-OH is 2. The molecule has 1 saturated heterocycles. The van der Waals surface area contributed by atoms with Crippen LogP contribution in [0.25, 0.3) is 0 Å². The van der Waals surface area contributed by atoms with Crippen molar-refractivity contribution in [2.75, 3.05) is 13.2 Å². The lowest BCUT2D eigenvalue weighted by Gasteiger charge is -2.27. The second-order valence-electron chi connectivity index (χ2n) is 14.3. The van der Waals surface area contributed by atoms with Gasteiger partial charge in [0.05, 0.1) is 6.61 Å². The predicted octanol–water partition coefficient (Wildman–Crippen LogP) is 11.9. The SMILES string of the molecule is CCCCCCCCCCCCCCCCC(=S)OC[C@H](OC(=S)CCCCCCCCCCCCCCCC)[C@H]1OC[C@@H](O)[C@H]1O. The van der Waals surface area contributed by atoms with Gasteiger partial charge in [0, 0.05) is 12.8 Å². The van der Waals surface area contributed by atoms with Crippen molar-refractivity contribution in [1.82, 2.24) is 0 Å². The van der Waals surface area contributed by atoms with E-state index in [9.17, 15) is 10.2 Å². The first-order valence-electron chi connectivity index (χ1n) is 20.3. The van der Waals surface area contributed by atoms with Crippen molar-refractivity contribution in [1.29, 1.82) is 0 Å². The molecule has 0 radical (unpaired) electrons. The van der Waals surface area contributed by atoms with Crippen molar-refractivity contribution in [2.45, 2.75) is 231 Å². The second kappa shape index (κ2) is 32.8. The summed E-state index contributed by atoms with van der Waals surface area (Å²) in [5.74, 6) is 0. The van der Waals surface area contributed by atoms with Crippen LogP contribution in [0.1, 0.15) is 206 Å². The molecule has 47 heavy (non-hydrogen) atoms. The summed E-state index contributed by atoms with van der Waals surface area (Å²) in [5.41, 5.74) is 0. The van der Waals surface area contributed by atoms with Crippen molar-refractivity contribution < 1.29 is 24.4 Å². The smallest absolute Gasteiger partial charge is 0.162 e. The van der Waals surface area contributed by atoms with E-state index in [1.165, 1.54) is 161 Å². The molecule has 5 nitrogen and oxygen atoms in total. The molecule has 7 heteroatoms. The maximum Gasteiger partial charge on any atom is 0.162 e. The molecule has 1 fully saturated rings. The molecule has 1 aliphatic rings. The fourth-order valence-electron chi connectivity index (χ4n) is 6.55. The van der Waals surface area contributed by atoms with Gasteiger partial charge >= 0.3 is 0 Å². The predicted molar refractivity (Wildman–Crippen MR) is 208 cm³/mol. The Morgan fingerprint density at radius 3 is 1.23 bits per heavy atom. The number of rotatable bonds is 34. The molecule has 0 spiro atoms. The van der Waals surface area contributed by atoms with Crippen molar-refractivity contribution in [3.05, 3.63) is 0 Å². The van der Waals surface area contributed by atoms with Crippen molar-refractivity contribution in [3.63, 3.8) is 0 Å². The van der Waals surface area contributed by atoms with Gasteiger partial charge in [-0.2, -0.15) is 0 Å². The molecule has 4 atom stereocenters. The van der Waals surface area contributed by atoms with Crippen molar-refractivity contribution >= 4 is 34.5 Å². The number of unbranched alkanes of at least 4 members (excludes halogenated alkanes) is 26. The average Bonchev–Trinajstić information content (AvgIpc) is 3.40. The number of hydrogen-bond donors (Lipinski definition) is 2. The molecule has 0 saturated carbocycles. The largest absolute Gasteiger partial charge is 0.483 e. The van der Waals surface area contributed by atoms with Gasteiger partial charge in [0.1, 0.15) is 24.9 Å². The van der Waals surface area contributed by atoms with E-state index in [1.807, 2.05) is 0 Å². The lowest BCUT2D eigenvalue weighted by molar-refractivity contribution is -0.0600. The first-order valence-corrected chi connectivity index (χ1v) is 21.1. The van der Waals surface area contributed by atoms with Crippen LogP contribution in [-0.2, 0) is 14.2 Å². The number of aliphatic hydroxyl groups is 2. The van der Waals surface area contributed by atoms with Gasteiger partial charge in [0.15, 0.2) is 16.2 Å². The lowest BCUT2D eigenvalue weighted by Crippen LogP contribution is -2.43. The summed E-state index contributed by atoms with van der Waals surface area (Å²) in [7, 11) is 0. The fourth-order valence-corrected chi connectivity index (χ4v) is 7.03. The zero-order valence-corrected chi connectivity index (χ0v) is 32.5. The third-order valence-electron chi connectivity index (χ3n) is 9.72. The number of ether oxygens (including phenoxy) is 3. The third-order valence-corrected chi connectivity index (χ3v) is 10.3. The zero-order valence-electron chi connectivity index (χ0n) is 30.9. The summed E-state index contributed by atoms with van der Waals surface area (Å²) >= 11 is 11.1. The second-order valence-corrected chi connectivity index (χ2v) is 15.2. The monoisotopic (exact) mass is 701 g/mol. The highest BCUT2D eigenvalue weighted by Crippen LogP contribution is 2.22. The highest BCUT2D eigenvalue weighted by Gasteiger charge is 2.41. The van der Waals surface area contributed by atoms with Crippen LogP contribution in [0.5, 0.6) is 0 Å².